The van der Waals surface area contributed by atoms with Crippen molar-refractivity contribution in [2.24, 2.45) is 0 Å². The predicted molar refractivity (Wildman–Crippen MR) is 42.1 cm³/mol. The summed E-state index contributed by atoms with van der Waals surface area (Å²) >= 11 is 0. The van der Waals surface area contributed by atoms with Gasteiger partial charge in [0.25, 0.3) is 0 Å². The zero-order valence-electron chi connectivity index (χ0n) is 5.95. The third-order valence-electron chi connectivity index (χ3n) is 0.895. The maximum atomic E-state index is 10.4. The Morgan fingerprint density at radius 3 is 2.25 bits per heavy atom. The molecule has 0 fully saturated rings. The molecule has 0 aromatic rings. The van der Waals surface area contributed by atoms with Gasteiger partial charge in [-0.15, -0.1) is 0 Å². The molecule has 0 spiro atoms. The molecule has 0 amide bonds. The van der Waals surface area contributed by atoms with Gasteiger partial charge in [-0.25, -0.2) is 0 Å². The number of carboxylic acid groups (broad SMARTS) is 1. The number of aliphatic carboxylic acids is 1. The molecule has 12 heavy (non-hydrogen) atoms. The second-order valence-electron chi connectivity index (χ2n) is 1.84. The zero-order valence-corrected chi connectivity index (χ0v) is 5.95. The van der Waals surface area contributed by atoms with Gasteiger partial charge < -0.3 is 14.9 Å². The Morgan fingerprint density at radius 2 is 1.83 bits per heavy atom. The first-order valence-electron chi connectivity index (χ1n) is 3.15. The molecule has 0 aliphatic rings. The second-order valence-corrected chi connectivity index (χ2v) is 1.84. The van der Waals surface area contributed by atoms with Crippen LogP contribution < -0.4 is 0 Å². The van der Waals surface area contributed by atoms with Crippen LogP contribution in [0.4, 0.5) is 0 Å². The number of carboxylic acids is 1. The Balaban J connectivity index is 0. The summed E-state index contributed by atoms with van der Waals surface area (Å²) in [5, 5.41) is 16.3. The Hall–Kier alpha value is -0.100. The number of hydrogen-bond donors (Lipinski definition) is 2. The third kappa shape index (κ3) is 9.90. The Labute approximate surface area is 92.0 Å². The third-order valence-corrected chi connectivity index (χ3v) is 0.895. The molecule has 0 aliphatic heterocycles. The molecule has 5 nitrogen and oxygen atoms in total. The summed E-state index contributed by atoms with van der Waals surface area (Å²) in [4.78, 5) is 20.3. The fourth-order valence-corrected chi connectivity index (χ4v) is 0.416. The summed E-state index contributed by atoms with van der Waals surface area (Å²) in [6, 6.07) is 0. The van der Waals surface area contributed by atoms with Crippen molar-refractivity contribution in [1.82, 2.24) is 0 Å². The SMILES string of the molecule is O=C(O)CCOC(=O)CCO.[NaH]. The number of ether oxygens (including phenoxy) is 1. The van der Waals surface area contributed by atoms with Crippen molar-refractivity contribution < 1.29 is 24.5 Å². The Morgan fingerprint density at radius 1 is 1.25 bits per heavy atom. The van der Waals surface area contributed by atoms with Gasteiger partial charge in [-0.1, -0.05) is 0 Å². The molecule has 2 N–H and O–H groups in total. The van der Waals surface area contributed by atoms with Crippen LogP contribution in [-0.2, 0) is 14.3 Å². The van der Waals surface area contributed by atoms with E-state index in [0.29, 0.717) is 0 Å². The summed E-state index contributed by atoms with van der Waals surface area (Å²) < 4.78 is 4.41. The molecule has 0 aromatic carbocycles. The number of hydrogen-bond acceptors (Lipinski definition) is 4. The minimum absolute atomic E-state index is 0. The number of rotatable bonds is 5. The van der Waals surface area contributed by atoms with E-state index < -0.39 is 11.9 Å². The van der Waals surface area contributed by atoms with Gasteiger partial charge in [0.2, 0.25) is 0 Å². The summed E-state index contributed by atoms with van der Waals surface area (Å²) in [5.41, 5.74) is 0. The fourth-order valence-electron chi connectivity index (χ4n) is 0.416. The molecular weight excluding hydrogens is 175 g/mol. The minimum atomic E-state index is -1.01. The van der Waals surface area contributed by atoms with E-state index in [-0.39, 0.29) is 55.6 Å². The molecule has 0 rings (SSSR count). The van der Waals surface area contributed by atoms with E-state index in [1.54, 1.807) is 0 Å². The maximum absolute atomic E-state index is 10.4. The van der Waals surface area contributed by atoms with E-state index in [9.17, 15) is 9.59 Å². The van der Waals surface area contributed by atoms with Crippen LogP contribution >= 0.6 is 0 Å². The molecule has 0 unspecified atom stereocenters. The van der Waals surface area contributed by atoms with Gasteiger partial charge in [-0.3, -0.25) is 9.59 Å². The molecule has 0 saturated heterocycles. The molecule has 0 saturated carbocycles. The quantitative estimate of drug-likeness (QED) is 0.413. The van der Waals surface area contributed by atoms with Crippen LogP contribution in [0.15, 0.2) is 0 Å². The normalized spacial score (nSPS) is 8.42. The molecule has 66 valence electrons. The van der Waals surface area contributed by atoms with Crippen molar-refractivity contribution in [3.05, 3.63) is 0 Å². The van der Waals surface area contributed by atoms with Crippen molar-refractivity contribution in [2.75, 3.05) is 13.2 Å². The number of esters is 1. The number of aliphatic hydroxyl groups is 1. The van der Waals surface area contributed by atoms with E-state index in [2.05, 4.69) is 4.74 Å². The summed E-state index contributed by atoms with van der Waals surface area (Å²) in [6.45, 7) is -0.403. The molecule has 0 aliphatic carbocycles. The molecule has 0 heterocycles. The van der Waals surface area contributed by atoms with Crippen LogP contribution in [0.25, 0.3) is 0 Å². The van der Waals surface area contributed by atoms with Crippen LogP contribution in [0.3, 0.4) is 0 Å². The Bertz CT molecular complexity index is 147. The number of carbonyl (C=O) groups is 2. The molecule has 0 bridgehead atoms. The number of carbonyl (C=O) groups excluding carboxylic acids is 1. The van der Waals surface area contributed by atoms with E-state index in [0.717, 1.165) is 0 Å². The first kappa shape index (κ1) is 14.4. The van der Waals surface area contributed by atoms with E-state index in [4.69, 9.17) is 10.2 Å². The first-order chi connectivity index (χ1) is 5.16. The van der Waals surface area contributed by atoms with Crippen LogP contribution in [0, 0.1) is 0 Å². The van der Waals surface area contributed by atoms with E-state index in [1.807, 2.05) is 0 Å². The molecular formula is C6H11NaO5. The van der Waals surface area contributed by atoms with Crippen molar-refractivity contribution in [3.63, 3.8) is 0 Å². The van der Waals surface area contributed by atoms with E-state index >= 15 is 0 Å². The van der Waals surface area contributed by atoms with E-state index in [1.165, 1.54) is 0 Å². The average Bonchev–Trinajstić information content (AvgIpc) is 1.87. The van der Waals surface area contributed by atoms with Crippen molar-refractivity contribution in [1.29, 1.82) is 0 Å². The summed E-state index contributed by atoms with van der Waals surface area (Å²) in [5.74, 6) is -1.59. The molecule has 0 aromatic heterocycles. The molecule has 0 atom stereocenters. The Kier molecular flexibility index (Phi) is 10.8. The van der Waals surface area contributed by atoms with Gasteiger partial charge in [-0.2, -0.15) is 0 Å². The number of aliphatic hydroxyl groups excluding tert-OH is 1. The van der Waals surface area contributed by atoms with Gasteiger partial charge in [0.1, 0.15) is 6.61 Å². The monoisotopic (exact) mass is 186 g/mol. The van der Waals surface area contributed by atoms with Gasteiger partial charge in [-0.05, 0) is 0 Å². The van der Waals surface area contributed by atoms with Crippen LogP contribution in [0.2, 0.25) is 0 Å². The fraction of sp³-hybridized carbons (Fsp3) is 0.667. The average molecular weight is 186 g/mol. The summed E-state index contributed by atoms with van der Waals surface area (Å²) in [7, 11) is 0. The zero-order chi connectivity index (χ0) is 8.69. The van der Waals surface area contributed by atoms with Crippen molar-refractivity contribution in [2.45, 2.75) is 12.8 Å². The van der Waals surface area contributed by atoms with Crippen molar-refractivity contribution in [3.8, 4) is 0 Å². The molecule has 6 heteroatoms. The van der Waals surface area contributed by atoms with Crippen LogP contribution in [0.1, 0.15) is 12.8 Å². The van der Waals surface area contributed by atoms with Gasteiger partial charge in [0, 0.05) is 0 Å². The standard InChI is InChI=1S/C6H10O5.Na.H/c7-3-1-6(10)11-4-2-5(8)9;;/h7H,1-4H2,(H,8,9);;. The molecule has 0 radical (unpaired) electrons. The summed E-state index contributed by atoms with van der Waals surface area (Å²) in [6.07, 6.45) is -0.281. The second kappa shape index (κ2) is 8.99. The van der Waals surface area contributed by atoms with Crippen LogP contribution in [-0.4, -0.2) is 64.9 Å². The van der Waals surface area contributed by atoms with Gasteiger partial charge in [0.05, 0.1) is 19.4 Å². The van der Waals surface area contributed by atoms with Gasteiger partial charge >= 0.3 is 41.5 Å². The van der Waals surface area contributed by atoms with Crippen molar-refractivity contribution >= 4 is 41.5 Å². The van der Waals surface area contributed by atoms with Gasteiger partial charge in [0.15, 0.2) is 0 Å². The van der Waals surface area contributed by atoms with Crippen LogP contribution in [0.5, 0.6) is 0 Å². The first-order valence-corrected chi connectivity index (χ1v) is 3.15. The topological polar surface area (TPSA) is 83.8 Å². The predicted octanol–water partition coefficient (Wildman–Crippen LogP) is -1.26.